The van der Waals surface area contributed by atoms with Crippen LogP contribution in [0.1, 0.15) is 60.6 Å². The number of carbonyl (C=O) groups excluding carboxylic acids is 4. The van der Waals surface area contributed by atoms with Gasteiger partial charge < -0.3 is 48.1 Å². The monoisotopic (exact) mass is 942 g/mol. The minimum atomic E-state index is -1.09. The van der Waals surface area contributed by atoms with Crippen LogP contribution in [-0.4, -0.2) is 97.1 Å². The summed E-state index contributed by atoms with van der Waals surface area (Å²) < 4.78 is 44.7. The predicted molar refractivity (Wildman–Crippen MR) is 265 cm³/mol. The molecule has 0 spiro atoms. The Morgan fingerprint density at radius 2 is 1.32 bits per heavy atom. The van der Waals surface area contributed by atoms with E-state index in [1.807, 2.05) is 85.9 Å². The van der Waals surface area contributed by atoms with Gasteiger partial charge in [-0.3, -0.25) is 9.59 Å². The fourth-order valence-electron chi connectivity index (χ4n) is 7.67. The van der Waals surface area contributed by atoms with E-state index in [9.17, 15) is 19.2 Å². The number of benzene rings is 5. The Morgan fingerprint density at radius 1 is 0.710 bits per heavy atom. The van der Waals surface area contributed by atoms with E-state index in [1.54, 1.807) is 79.5 Å². The number of hydrogen-bond donors (Lipinski definition) is 1. The summed E-state index contributed by atoms with van der Waals surface area (Å²) in [7, 11) is 11.2. The Labute approximate surface area is 404 Å². The van der Waals surface area contributed by atoms with Gasteiger partial charge >= 0.3 is 18.0 Å². The number of likely N-dealkylation sites (N-methyl/N-ethyl adjacent to an activating group) is 1. The van der Waals surface area contributed by atoms with Gasteiger partial charge in [-0.2, -0.15) is 0 Å². The molecule has 0 fully saturated rings. The zero-order valence-corrected chi connectivity index (χ0v) is 41.0. The van der Waals surface area contributed by atoms with Gasteiger partial charge in [0.25, 0.3) is 0 Å². The maximum Gasteiger partial charge on any atom is 0.408 e. The molecule has 1 unspecified atom stereocenters. The summed E-state index contributed by atoms with van der Waals surface area (Å²) in [6.45, 7) is 5.86. The van der Waals surface area contributed by atoms with Gasteiger partial charge in [-0.15, -0.1) is 0 Å². The molecule has 0 aliphatic carbocycles. The van der Waals surface area contributed by atoms with E-state index in [0.29, 0.717) is 58.2 Å². The van der Waals surface area contributed by atoms with Crippen molar-refractivity contribution < 1.29 is 57.1 Å². The number of rotatable bonds is 17. The Kier molecular flexibility index (Phi) is 18.8. The van der Waals surface area contributed by atoms with Crippen molar-refractivity contribution in [2.24, 2.45) is 0 Å². The van der Waals surface area contributed by atoms with Crippen LogP contribution in [0.25, 0.3) is 16.8 Å². The second-order valence-corrected chi connectivity index (χ2v) is 16.8. The molecule has 0 bridgehead atoms. The average Bonchev–Trinajstić information content (AvgIpc) is 3.35. The van der Waals surface area contributed by atoms with Crippen molar-refractivity contribution in [1.29, 1.82) is 0 Å². The highest BCUT2D eigenvalue weighted by atomic mass is 16.6. The molecule has 69 heavy (non-hydrogen) atoms. The minimum Gasteiger partial charge on any atom is -0.497 e. The Bertz CT molecular complexity index is 2620. The van der Waals surface area contributed by atoms with E-state index in [4.69, 9.17) is 33.2 Å². The second kappa shape index (κ2) is 24.9. The van der Waals surface area contributed by atoms with Gasteiger partial charge in [0.2, 0.25) is 0 Å². The van der Waals surface area contributed by atoms with Crippen LogP contribution >= 0.6 is 0 Å². The molecule has 0 radical (unpaired) electrons. The average molecular weight is 943 g/mol. The molecule has 364 valence electrons. The van der Waals surface area contributed by atoms with Crippen LogP contribution in [0.15, 0.2) is 115 Å². The lowest BCUT2D eigenvalue weighted by molar-refractivity contribution is -0.140. The first-order valence-electron chi connectivity index (χ1n) is 22.3. The number of hydrogen-bond acceptors (Lipinski definition) is 13. The van der Waals surface area contributed by atoms with Crippen LogP contribution in [-0.2, 0) is 43.1 Å². The molecule has 0 aromatic heterocycles. The van der Waals surface area contributed by atoms with Crippen molar-refractivity contribution in [3.8, 4) is 34.5 Å². The molecule has 1 atom stereocenters. The number of aryl methyl sites for hydroxylation is 1. The zero-order valence-electron chi connectivity index (χ0n) is 41.0. The van der Waals surface area contributed by atoms with Crippen molar-refractivity contribution in [3.05, 3.63) is 149 Å². The molecule has 1 heterocycles. The highest BCUT2D eigenvalue weighted by Crippen LogP contribution is 2.47. The molecule has 6 rings (SSSR count). The highest BCUT2D eigenvalue weighted by molar-refractivity contribution is 6.18. The number of methoxy groups -OCH3 is 6. The van der Waals surface area contributed by atoms with E-state index >= 15 is 0 Å². The number of carbonyl (C=O) groups is 4. The van der Waals surface area contributed by atoms with Gasteiger partial charge in [0.15, 0.2) is 23.0 Å². The fourth-order valence-corrected chi connectivity index (χ4v) is 7.67. The van der Waals surface area contributed by atoms with Gasteiger partial charge in [0, 0.05) is 43.1 Å². The van der Waals surface area contributed by atoms with Crippen LogP contribution in [0.4, 0.5) is 4.79 Å². The fraction of sp³-hybridized carbons (Fsp3) is 0.309. The predicted octanol–water partition coefficient (Wildman–Crippen LogP) is 9.20. The molecule has 1 aliphatic heterocycles. The normalized spacial score (nSPS) is 13.2. The summed E-state index contributed by atoms with van der Waals surface area (Å²) in [5.74, 6) is 1.66. The number of alkyl carbamates (subject to hydrolysis) is 1. The first-order chi connectivity index (χ1) is 33.2. The third kappa shape index (κ3) is 14.1. The third-order valence-electron chi connectivity index (χ3n) is 11.0. The molecule has 14 heteroatoms. The Balaban J connectivity index is 0.000000644. The summed E-state index contributed by atoms with van der Waals surface area (Å²) >= 11 is 0. The van der Waals surface area contributed by atoms with Gasteiger partial charge in [0.05, 0.1) is 48.4 Å². The number of nitrogens with one attached hydrogen (secondary N) is 1. The number of nitrogens with zero attached hydrogens (tertiary/aromatic N) is 1. The first-order valence-corrected chi connectivity index (χ1v) is 22.3. The largest absolute Gasteiger partial charge is 0.497 e. The highest BCUT2D eigenvalue weighted by Gasteiger charge is 2.31. The summed E-state index contributed by atoms with van der Waals surface area (Å²) in [6.07, 6.45) is 3.54. The van der Waals surface area contributed by atoms with E-state index in [-0.39, 0.29) is 23.9 Å². The van der Waals surface area contributed by atoms with E-state index < -0.39 is 23.7 Å². The standard InChI is InChI=1S/C45H50N2O10.C10H12O2/c1-45(2,3)57-44(50)46-35(23-28-13-11-10-12-14-28)43(49)56-37-17-15-30(25-38(37)53-7)41(32(20-22-48)34-26-31(51-5)16-18-36(34)52-6)42-33-27-40(55-9)39(54-8)24-29(33)19-21-47(42)4;1-12-10(11)8-7-9-5-3-2-4-6-9/h10-18,20,22,24-27,35H,19,21,23H2,1-9H3,(H,46,50);2-6H,7-8H2,1H3/b32-20+,42-41-;. The zero-order chi connectivity index (χ0) is 50.1. The lowest BCUT2D eigenvalue weighted by Gasteiger charge is -2.34. The summed E-state index contributed by atoms with van der Waals surface area (Å²) in [4.78, 5) is 52.2. The SMILES string of the molecule is COC(=O)CCc1ccccc1.COc1ccc(OC)c(C(=C\C=O)/C(=C2/c3cc(OC)c(OC)cc3CCN2C)c2ccc(OC(=O)C(Cc3ccccc3)NC(=O)OC(C)(C)C)c(OC)c2)c1. The number of ether oxygens (including phenoxy) is 8. The van der Waals surface area contributed by atoms with Crippen LogP contribution in [0.3, 0.4) is 0 Å². The summed E-state index contributed by atoms with van der Waals surface area (Å²) in [6, 6.07) is 32.5. The third-order valence-corrected chi connectivity index (χ3v) is 11.0. The molecule has 5 aromatic carbocycles. The van der Waals surface area contributed by atoms with Gasteiger partial charge in [0.1, 0.15) is 29.4 Å². The maximum absolute atomic E-state index is 13.9. The molecular weight excluding hydrogens is 881 g/mol. The number of allylic oxidation sites excluding steroid dienone is 3. The van der Waals surface area contributed by atoms with Crippen molar-refractivity contribution in [2.45, 2.75) is 58.1 Å². The quantitative estimate of drug-likeness (QED) is 0.0408. The first kappa shape index (κ1) is 52.2. The van der Waals surface area contributed by atoms with E-state index in [2.05, 4.69) is 15.0 Å². The van der Waals surface area contributed by atoms with Crippen molar-refractivity contribution in [3.63, 3.8) is 0 Å². The number of esters is 2. The second-order valence-electron chi connectivity index (χ2n) is 16.8. The number of aldehydes is 1. The smallest absolute Gasteiger partial charge is 0.408 e. The molecule has 14 nitrogen and oxygen atoms in total. The van der Waals surface area contributed by atoms with Crippen molar-refractivity contribution in [1.82, 2.24) is 10.2 Å². The number of fused-ring (bicyclic) bond motifs is 1. The van der Waals surface area contributed by atoms with Crippen LogP contribution in [0.2, 0.25) is 0 Å². The van der Waals surface area contributed by atoms with Crippen molar-refractivity contribution >= 4 is 41.2 Å². The van der Waals surface area contributed by atoms with Crippen LogP contribution in [0.5, 0.6) is 34.5 Å². The summed E-state index contributed by atoms with van der Waals surface area (Å²) in [5.41, 5.74) is 6.25. The molecular formula is C55H62N2O12. The summed E-state index contributed by atoms with van der Waals surface area (Å²) in [5, 5.41) is 2.68. The van der Waals surface area contributed by atoms with Gasteiger partial charge in [-0.05, 0) is 110 Å². The Morgan fingerprint density at radius 3 is 1.91 bits per heavy atom. The van der Waals surface area contributed by atoms with E-state index in [0.717, 1.165) is 41.5 Å². The van der Waals surface area contributed by atoms with Crippen molar-refractivity contribution in [2.75, 3.05) is 56.3 Å². The molecule has 1 amide bonds. The van der Waals surface area contributed by atoms with E-state index in [1.165, 1.54) is 25.9 Å². The van der Waals surface area contributed by atoms with Gasteiger partial charge in [-0.1, -0.05) is 66.7 Å². The topological polar surface area (TPSA) is 157 Å². The molecule has 0 saturated heterocycles. The molecule has 5 aromatic rings. The minimum absolute atomic E-state index is 0.114. The van der Waals surface area contributed by atoms with Crippen LogP contribution in [0, 0.1) is 0 Å². The lowest BCUT2D eigenvalue weighted by Crippen LogP contribution is -2.46. The van der Waals surface area contributed by atoms with Gasteiger partial charge in [-0.25, -0.2) is 9.59 Å². The Hall–Kier alpha value is -7.74. The van der Waals surface area contributed by atoms with Crippen LogP contribution < -0.4 is 33.7 Å². The molecule has 0 saturated carbocycles. The molecule has 1 N–H and O–H groups in total. The number of amides is 1. The molecule has 1 aliphatic rings. The lowest BCUT2D eigenvalue weighted by atomic mass is 9.84. The maximum atomic E-state index is 13.9.